The quantitative estimate of drug-likeness (QED) is 0.757. The minimum absolute atomic E-state index is 0.0700. The Morgan fingerprint density at radius 1 is 1.50 bits per heavy atom. The van der Waals surface area contributed by atoms with E-state index in [1.165, 1.54) is 0 Å². The fourth-order valence-corrected chi connectivity index (χ4v) is 1.62. The topological polar surface area (TPSA) is 76.2 Å². The third kappa shape index (κ3) is 5.08. The van der Waals surface area contributed by atoms with Crippen LogP contribution < -0.4 is 11.1 Å². The normalized spacial score (nSPS) is 11.9. The largest absolute Gasteiger partial charge is 0.408 e. The summed E-state index contributed by atoms with van der Waals surface area (Å²) in [5, 5.41) is 6.01. The number of halogens is 3. The van der Waals surface area contributed by atoms with Gasteiger partial charge in [-0.2, -0.15) is 18.3 Å². The minimum atomic E-state index is -4.46. The summed E-state index contributed by atoms with van der Waals surface area (Å²) >= 11 is 0. The van der Waals surface area contributed by atoms with Crippen LogP contribution in [0, 0.1) is 0 Å². The van der Waals surface area contributed by atoms with Gasteiger partial charge in [-0.15, -0.1) is 0 Å². The van der Waals surface area contributed by atoms with E-state index in [1.54, 1.807) is 0 Å². The average molecular weight is 293 g/mol. The maximum absolute atomic E-state index is 12.4. The maximum Gasteiger partial charge on any atom is 0.408 e. The average Bonchev–Trinajstić information content (AvgIpc) is 2.63. The molecule has 0 unspecified atom stereocenters. The van der Waals surface area contributed by atoms with Crippen LogP contribution in [0.15, 0.2) is 6.20 Å². The molecule has 0 saturated heterocycles. The first-order valence-electron chi connectivity index (χ1n) is 6.01. The van der Waals surface area contributed by atoms with Crippen LogP contribution in [-0.2, 0) is 6.54 Å². The predicted molar refractivity (Wildman–Crippen MR) is 68.2 cm³/mol. The number of nitrogens with zero attached hydrogens (tertiary/aromatic N) is 3. The number of nitrogens with one attached hydrogen (secondary N) is 1. The fourth-order valence-electron chi connectivity index (χ4n) is 1.62. The van der Waals surface area contributed by atoms with Gasteiger partial charge in [-0.05, 0) is 27.1 Å². The molecule has 1 aromatic heterocycles. The molecule has 0 atom stereocenters. The van der Waals surface area contributed by atoms with Gasteiger partial charge in [-0.25, -0.2) is 4.68 Å². The number of aromatic nitrogens is 2. The van der Waals surface area contributed by atoms with Crippen molar-refractivity contribution in [1.29, 1.82) is 0 Å². The number of hydrogen-bond donors (Lipinski definition) is 2. The summed E-state index contributed by atoms with van der Waals surface area (Å²) in [6, 6.07) is 0. The van der Waals surface area contributed by atoms with Crippen LogP contribution >= 0.6 is 0 Å². The number of amides is 1. The van der Waals surface area contributed by atoms with Gasteiger partial charge in [0, 0.05) is 6.54 Å². The number of anilines is 1. The van der Waals surface area contributed by atoms with Gasteiger partial charge in [0.1, 0.15) is 12.2 Å². The van der Waals surface area contributed by atoms with Crippen molar-refractivity contribution in [2.45, 2.75) is 19.1 Å². The van der Waals surface area contributed by atoms with E-state index in [1.807, 2.05) is 19.0 Å². The Balaban J connectivity index is 2.65. The number of nitrogen functional groups attached to an aromatic ring is 1. The molecule has 0 aliphatic rings. The van der Waals surface area contributed by atoms with Gasteiger partial charge in [0.25, 0.3) is 5.91 Å². The number of alkyl halides is 3. The molecule has 0 fully saturated rings. The van der Waals surface area contributed by atoms with Gasteiger partial charge in [-0.1, -0.05) is 0 Å². The van der Waals surface area contributed by atoms with Gasteiger partial charge in [0.05, 0.1) is 11.9 Å². The lowest BCUT2D eigenvalue weighted by Gasteiger charge is -2.12. The van der Waals surface area contributed by atoms with Gasteiger partial charge in [-0.3, -0.25) is 4.79 Å². The molecule has 1 amide bonds. The molecule has 0 aliphatic heterocycles. The third-order valence-electron chi connectivity index (χ3n) is 2.48. The van der Waals surface area contributed by atoms with Crippen LogP contribution in [0.3, 0.4) is 0 Å². The van der Waals surface area contributed by atoms with E-state index in [0.717, 1.165) is 12.7 Å². The molecule has 6 nitrogen and oxygen atoms in total. The summed E-state index contributed by atoms with van der Waals surface area (Å²) in [4.78, 5) is 13.8. The molecule has 1 heterocycles. The van der Waals surface area contributed by atoms with Gasteiger partial charge < -0.3 is 16.0 Å². The molecule has 1 aromatic rings. The highest BCUT2D eigenvalue weighted by atomic mass is 19.4. The van der Waals surface area contributed by atoms with E-state index in [4.69, 9.17) is 5.73 Å². The molecule has 0 saturated carbocycles. The van der Waals surface area contributed by atoms with E-state index in [0.29, 0.717) is 17.6 Å². The summed E-state index contributed by atoms with van der Waals surface area (Å²) in [6.45, 7) is -0.226. The zero-order valence-electron chi connectivity index (χ0n) is 11.4. The van der Waals surface area contributed by atoms with Crippen molar-refractivity contribution < 1.29 is 18.0 Å². The Kier molecular flexibility index (Phi) is 5.37. The standard InChI is InChI=1S/C11H18F3N5O/c1-18(2)5-3-4-16-10(20)9-8(15)6-17-19(9)7-11(12,13)14/h6H,3-5,7,15H2,1-2H3,(H,16,20). The number of nitrogens with two attached hydrogens (primary N) is 1. The second-order valence-electron chi connectivity index (χ2n) is 4.63. The molecule has 0 radical (unpaired) electrons. The van der Waals surface area contributed by atoms with Crippen LogP contribution in [0.1, 0.15) is 16.9 Å². The molecular formula is C11H18F3N5O. The summed E-state index contributed by atoms with van der Waals surface area (Å²) in [6.07, 6.45) is -2.73. The molecule has 0 aromatic carbocycles. The van der Waals surface area contributed by atoms with E-state index < -0.39 is 18.6 Å². The van der Waals surface area contributed by atoms with Crippen molar-refractivity contribution in [2.24, 2.45) is 0 Å². The molecule has 0 bridgehead atoms. The lowest BCUT2D eigenvalue weighted by molar-refractivity contribution is -0.142. The van der Waals surface area contributed by atoms with Gasteiger partial charge >= 0.3 is 6.18 Å². The van der Waals surface area contributed by atoms with Crippen LogP contribution in [0.5, 0.6) is 0 Å². The monoisotopic (exact) mass is 293 g/mol. The highest BCUT2D eigenvalue weighted by Crippen LogP contribution is 2.20. The number of rotatable bonds is 6. The van der Waals surface area contributed by atoms with Crippen LogP contribution in [0.25, 0.3) is 0 Å². The predicted octanol–water partition coefficient (Wildman–Crippen LogP) is 0.709. The molecule has 1 rings (SSSR count). The minimum Gasteiger partial charge on any atom is -0.396 e. The van der Waals surface area contributed by atoms with Crippen molar-refractivity contribution in [2.75, 3.05) is 32.9 Å². The van der Waals surface area contributed by atoms with E-state index in [-0.39, 0.29) is 11.4 Å². The first-order chi connectivity index (χ1) is 9.20. The second-order valence-corrected chi connectivity index (χ2v) is 4.63. The van der Waals surface area contributed by atoms with E-state index >= 15 is 0 Å². The lowest BCUT2D eigenvalue weighted by Crippen LogP contribution is -2.31. The first-order valence-corrected chi connectivity index (χ1v) is 6.01. The third-order valence-corrected chi connectivity index (χ3v) is 2.48. The molecule has 9 heteroatoms. The van der Waals surface area contributed by atoms with Gasteiger partial charge in [0.2, 0.25) is 0 Å². The van der Waals surface area contributed by atoms with Crippen molar-refractivity contribution in [3.8, 4) is 0 Å². The Bertz CT molecular complexity index is 455. The van der Waals surface area contributed by atoms with Crippen molar-refractivity contribution in [3.63, 3.8) is 0 Å². The van der Waals surface area contributed by atoms with E-state index in [2.05, 4.69) is 10.4 Å². The zero-order chi connectivity index (χ0) is 15.3. The maximum atomic E-state index is 12.4. The summed E-state index contributed by atoms with van der Waals surface area (Å²) in [5.41, 5.74) is 5.17. The summed E-state index contributed by atoms with van der Waals surface area (Å²) < 4.78 is 37.6. The number of hydrogen-bond acceptors (Lipinski definition) is 4. The van der Waals surface area contributed by atoms with Crippen molar-refractivity contribution in [3.05, 3.63) is 11.9 Å². The van der Waals surface area contributed by atoms with Gasteiger partial charge in [0.15, 0.2) is 0 Å². The van der Waals surface area contributed by atoms with Crippen LogP contribution in [0.4, 0.5) is 18.9 Å². The van der Waals surface area contributed by atoms with E-state index in [9.17, 15) is 18.0 Å². The number of carbonyl (C=O) groups is 1. The van der Waals surface area contributed by atoms with Crippen LogP contribution in [0.2, 0.25) is 0 Å². The van der Waals surface area contributed by atoms with Crippen LogP contribution in [-0.4, -0.2) is 53.9 Å². The molecule has 114 valence electrons. The lowest BCUT2D eigenvalue weighted by atomic mass is 10.3. The smallest absolute Gasteiger partial charge is 0.396 e. The fraction of sp³-hybridized carbons (Fsp3) is 0.636. The molecule has 3 N–H and O–H groups in total. The SMILES string of the molecule is CN(C)CCCNC(=O)c1c(N)cnn1CC(F)(F)F. The van der Waals surface area contributed by atoms with Crippen molar-refractivity contribution in [1.82, 2.24) is 20.0 Å². The molecule has 20 heavy (non-hydrogen) atoms. The second kappa shape index (κ2) is 6.60. The molecule has 0 aliphatic carbocycles. The Hall–Kier alpha value is -1.77. The Labute approximate surface area is 114 Å². The molecule has 0 spiro atoms. The summed E-state index contributed by atoms with van der Waals surface area (Å²) in [7, 11) is 3.77. The Morgan fingerprint density at radius 3 is 2.70 bits per heavy atom. The Morgan fingerprint density at radius 2 is 2.15 bits per heavy atom. The number of carbonyl (C=O) groups excluding carboxylic acids is 1. The van der Waals surface area contributed by atoms with Crippen molar-refractivity contribution >= 4 is 11.6 Å². The highest BCUT2D eigenvalue weighted by molar-refractivity contribution is 5.97. The zero-order valence-corrected chi connectivity index (χ0v) is 11.4. The highest BCUT2D eigenvalue weighted by Gasteiger charge is 2.31. The molecular weight excluding hydrogens is 275 g/mol. The first kappa shape index (κ1) is 16.3. The summed E-state index contributed by atoms with van der Waals surface area (Å²) in [5.74, 6) is -0.650.